The maximum absolute atomic E-state index is 13.4. The van der Waals surface area contributed by atoms with E-state index in [0.717, 1.165) is 13.1 Å². The Morgan fingerprint density at radius 3 is 2.67 bits per heavy atom. The Morgan fingerprint density at radius 1 is 1.25 bits per heavy atom. The quantitative estimate of drug-likeness (QED) is 0.893. The zero-order valence-corrected chi connectivity index (χ0v) is 12.9. The lowest BCUT2D eigenvalue weighted by Gasteiger charge is -2.26. The van der Waals surface area contributed by atoms with Crippen molar-refractivity contribution in [1.29, 1.82) is 0 Å². The van der Waals surface area contributed by atoms with Gasteiger partial charge in [0.25, 0.3) is 5.91 Å². The number of hydrogen-bond acceptors (Lipinski definition) is 6. The predicted molar refractivity (Wildman–Crippen MR) is 85.6 cm³/mol. The number of benzene rings is 1. The van der Waals surface area contributed by atoms with Crippen LogP contribution in [0.1, 0.15) is 0 Å². The summed E-state index contributed by atoms with van der Waals surface area (Å²) in [5.74, 6) is -0.296. The van der Waals surface area contributed by atoms with E-state index >= 15 is 0 Å². The van der Waals surface area contributed by atoms with Gasteiger partial charge in [0, 0.05) is 13.1 Å². The van der Waals surface area contributed by atoms with E-state index in [4.69, 9.17) is 9.47 Å². The molecule has 1 aromatic heterocycles. The zero-order chi connectivity index (χ0) is 16.8. The first-order chi connectivity index (χ1) is 11.7. The molecule has 0 atom stereocenters. The molecule has 0 spiro atoms. The highest BCUT2D eigenvalue weighted by atomic mass is 19.1. The molecule has 1 aliphatic rings. The number of aromatic nitrogens is 2. The van der Waals surface area contributed by atoms with Crippen LogP contribution in [0.25, 0.3) is 0 Å². The molecule has 1 aromatic carbocycles. The van der Waals surface area contributed by atoms with Crippen molar-refractivity contribution in [2.24, 2.45) is 0 Å². The van der Waals surface area contributed by atoms with Gasteiger partial charge in [-0.1, -0.05) is 12.1 Å². The molecule has 1 fully saturated rings. The van der Waals surface area contributed by atoms with Crippen molar-refractivity contribution in [2.45, 2.75) is 0 Å². The molecule has 1 N–H and O–H groups in total. The van der Waals surface area contributed by atoms with Gasteiger partial charge in [-0.2, -0.15) is 0 Å². The summed E-state index contributed by atoms with van der Waals surface area (Å²) in [6.07, 6.45) is 3.05. The smallest absolute Gasteiger partial charge is 0.262 e. The maximum atomic E-state index is 13.4. The van der Waals surface area contributed by atoms with Crippen LogP contribution in [0.4, 0.5) is 16.0 Å². The highest BCUT2D eigenvalue weighted by Gasteiger charge is 2.14. The molecule has 0 bridgehead atoms. The number of amides is 1. The standard InChI is InChI=1S/C16H17FN4O3/c17-13-3-1-2-4-14(13)24-11-15(22)20-12-9-18-16(19-10-12)21-5-7-23-8-6-21/h1-4,9-10H,5-8,11H2,(H,20,22). The van der Waals surface area contributed by atoms with Gasteiger partial charge in [-0.25, -0.2) is 14.4 Å². The molecule has 0 unspecified atom stereocenters. The molecule has 126 valence electrons. The number of rotatable bonds is 5. The first-order valence-corrected chi connectivity index (χ1v) is 7.54. The molecule has 1 saturated heterocycles. The van der Waals surface area contributed by atoms with Gasteiger partial charge in [0.1, 0.15) is 0 Å². The van der Waals surface area contributed by atoms with Gasteiger partial charge >= 0.3 is 0 Å². The van der Waals surface area contributed by atoms with Crippen LogP contribution < -0.4 is 15.0 Å². The lowest BCUT2D eigenvalue weighted by atomic mass is 10.3. The number of anilines is 2. The number of halogens is 1. The minimum Gasteiger partial charge on any atom is -0.481 e. The predicted octanol–water partition coefficient (Wildman–Crippen LogP) is 1.47. The Morgan fingerprint density at radius 2 is 1.96 bits per heavy atom. The first-order valence-electron chi connectivity index (χ1n) is 7.54. The van der Waals surface area contributed by atoms with Gasteiger partial charge in [-0.05, 0) is 12.1 Å². The van der Waals surface area contributed by atoms with E-state index in [1.165, 1.54) is 24.5 Å². The molecule has 2 aromatic rings. The van der Waals surface area contributed by atoms with Gasteiger partial charge in [-0.3, -0.25) is 4.79 Å². The Labute approximate surface area is 138 Å². The van der Waals surface area contributed by atoms with E-state index in [2.05, 4.69) is 15.3 Å². The summed E-state index contributed by atoms with van der Waals surface area (Å²) in [6.45, 7) is 2.47. The SMILES string of the molecule is O=C(COc1ccccc1F)Nc1cnc(N2CCOCC2)nc1. The third-order valence-corrected chi connectivity index (χ3v) is 3.41. The monoisotopic (exact) mass is 332 g/mol. The number of hydrogen-bond donors (Lipinski definition) is 1. The average molecular weight is 332 g/mol. The Hall–Kier alpha value is -2.74. The third-order valence-electron chi connectivity index (χ3n) is 3.41. The van der Waals surface area contributed by atoms with Crippen LogP contribution in [0, 0.1) is 5.82 Å². The van der Waals surface area contributed by atoms with Crippen LogP contribution in [-0.2, 0) is 9.53 Å². The highest BCUT2D eigenvalue weighted by Crippen LogP contribution is 2.15. The summed E-state index contributed by atoms with van der Waals surface area (Å²) in [5, 5.41) is 2.61. The van der Waals surface area contributed by atoms with Crippen LogP contribution in [0.3, 0.4) is 0 Å². The van der Waals surface area contributed by atoms with E-state index in [0.29, 0.717) is 24.8 Å². The van der Waals surface area contributed by atoms with Crippen molar-refractivity contribution in [2.75, 3.05) is 43.1 Å². The molecule has 1 aliphatic heterocycles. The number of carbonyl (C=O) groups is 1. The largest absolute Gasteiger partial charge is 0.481 e. The molecule has 24 heavy (non-hydrogen) atoms. The van der Waals surface area contributed by atoms with Gasteiger partial charge in [-0.15, -0.1) is 0 Å². The van der Waals surface area contributed by atoms with E-state index < -0.39 is 11.7 Å². The second-order valence-corrected chi connectivity index (χ2v) is 5.14. The lowest BCUT2D eigenvalue weighted by Crippen LogP contribution is -2.37. The molecular formula is C16H17FN4O3. The zero-order valence-electron chi connectivity index (χ0n) is 12.9. The molecule has 8 heteroatoms. The third kappa shape index (κ3) is 4.17. The van der Waals surface area contributed by atoms with Gasteiger partial charge in [0.05, 0.1) is 31.3 Å². The van der Waals surface area contributed by atoms with Crippen molar-refractivity contribution in [3.8, 4) is 5.75 Å². The molecule has 3 rings (SSSR count). The van der Waals surface area contributed by atoms with E-state index in [1.807, 2.05) is 4.90 Å². The number of ether oxygens (including phenoxy) is 2. The van der Waals surface area contributed by atoms with Crippen LogP contribution in [0.15, 0.2) is 36.7 Å². The Bertz CT molecular complexity index is 690. The second-order valence-electron chi connectivity index (χ2n) is 5.14. The van der Waals surface area contributed by atoms with Crippen molar-refractivity contribution >= 4 is 17.5 Å². The summed E-state index contributed by atoms with van der Waals surface area (Å²) in [4.78, 5) is 22.3. The van der Waals surface area contributed by atoms with Crippen molar-refractivity contribution in [3.05, 3.63) is 42.5 Å². The van der Waals surface area contributed by atoms with Crippen molar-refractivity contribution < 1.29 is 18.7 Å². The lowest BCUT2D eigenvalue weighted by molar-refractivity contribution is -0.118. The van der Waals surface area contributed by atoms with Crippen LogP contribution in [0.5, 0.6) is 5.75 Å². The molecule has 0 aliphatic carbocycles. The number of para-hydroxylation sites is 1. The summed E-state index contributed by atoms with van der Waals surface area (Å²) in [5.41, 5.74) is 0.453. The minimum absolute atomic E-state index is 0.0339. The molecule has 7 nitrogen and oxygen atoms in total. The van der Waals surface area contributed by atoms with Crippen LogP contribution in [-0.4, -0.2) is 48.8 Å². The topological polar surface area (TPSA) is 76.6 Å². The van der Waals surface area contributed by atoms with E-state index in [-0.39, 0.29) is 12.4 Å². The second kappa shape index (κ2) is 7.69. The summed E-state index contributed by atoms with van der Waals surface area (Å²) in [6, 6.07) is 5.92. The fourth-order valence-corrected chi connectivity index (χ4v) is 2.21. The normalized spacial score (nSPS) is 14.3. The maximum Gasteiger partial charge on any atom is 0.262 e. The Kier molecular flexibility index (Phi) is 5.17. The van der Waals surface area contributed by atoms with Crippen LogP contribution in [0.2, 0.25) is 0 Å². The summed E-state index contributed by atoms with van der Waals surface area (Å²) in [7, 11) is 0. The van der Waals surface area contributed by atoms with E-state index in [1.54, 1.807) is 12.1 Å². The van der Waals surface area contributed by atoms with E-state index in [9.17, 15) is 9.18 Å². The number of nitrogens with zero attached hydrogens (tertiary/aromatic N) is 3. The number of carbonyl (C=O) groups excluding carboxylic acids is 1. The molecular weight excluding hydrogens is 315 g/mol. The summed E-state index contributed by atoms with van der Waals surface area (Å²) < 4.78 is 23.8. The van der Waals surface area contributed by atoms with Gasteiger partial charge < -0.3 is 19.7 Å². The minimum atomic E-state index is -0.511. The van der Waals surface area contributed by atoms with Gasteiger partial charge in [0.15, 0.2) is 18.2 Å². The highest BCUT2D eigenvalue weighted by molar-refractivity contribution is 5.91. The number of nitrogens with one attached hydrogen (secondary N) is 1. The molecule has 0 saturated carbocycles. The molecule has 0 radical (unpaired) electrons. The number of morpholine rings is 1. The average Bonchev–Trinajstić information content (AvgIpc) is 2.62. The Balaban J connectivity index is 1.52. The van der Waals surface area contributed by atoms with Crippen LogP contribution >= 0.6 is 0 Å². The van der Waals surface area contributed by atoms with Crippen molar-refractivity contribution in [3.63, 3.8) is 0 Å². The molecule has 1 amide bonds. The fraction of sp³-hybridized carbons (Fsp3) is 0.312. The van der Waals surface area contributed by atoms with Crippen molar-refractivity contribution in [1.82, 2.24) is 9.97 Å². The fourth-order valence-electron chi connectivity index (χ4n) is 2.21. The summed E-state index contributed by atoms with van der Waals surface area (Å²) >= 11 is 0. The van der Waals surface area contributed by atoms with Gasteiger partial charge in [0.2, 0.25) is 5.95 Å². The molecule has 2 heterocycles. The first kappa shape index (κ1) is 16.1.